The first-order chi connectivity index (χ1) is 9.32. The van der Waals surface area contributed by atoms with Gasteiger partial charge in [0.05, 0.1) is 0 Å². The van der Waals surface area contributed by atoms with Gasteiger partial charge in [-0.25, -0.2) is 0 Å². The van der Waals surface area contributed by atoms with Crippen LogP contribution in [0.25, 0.3) is 0 Å². The Balaban J connectivity index is 3.20. The van der Waals surface area contributed by atoms with Crippen LogP contribution in [0, 0.1) is 0 Å². The van der Waals surface area contributed by atoms with Crippen molar-refractivity contribution in [3.8, 4) is 0 Å². The van der Waals surface area contributed by atoms with Gasteiger partial charge >= 0.3 is 8.56 Å². The molecule has 1 aromatic carbocycles. The highest BCUT2D eigenvalue weighted by molar-refractivity contribution is 6.94. The molecule has 0 aliphatic heterocycles. The summed E-state index contributed by atoms with van der Waals surface area (Å²) in [4.78, 5) is 11.4. The van der Waals surface area contributed by atoms with Crippen molar-refractivity contribution < 1.29 is 13.0 Å². The molecular weight excluding hydrogens is 312 g/mol. The molecule has 0 amide bonds. The molecule has 0 N–H and O–H groups in total. The molecule has 0 fully saturated rings. The minimum Gasteiger partial charge on any atom is -0.433 e. The lowest BCUT2D eigenvalue weighted by atomic mass is 10.2. The van der Waals surface area contributed by atoms with Gasteiger partial charge in [0.25, 0.3) is 0 Å². The molecule has 1 aromatic rings. The second-order valence-electron chi connectivity index (χ2n) is 7.51. The second kappa shape index (κ2) is 6.29. The van der Waals surface area contributed by atoms with Crippen molar-refractivity contribution in [2.24, 2.45) is 0 Å². The van der Waals surface area contributed by atoms with E-state index in [1.165, 1.54) is 0 Å². The van der Waals surface area contributed by atoms with Crippen LogP contribution in [0.5, 0.6) is 0 Å². The van der Waals surface area contributed by atoms with Crippen molar-refractivity contribution in [3.05, 3.63) is 29.8 Å². The summed E-state index contributed by atoms with van der Waals surface area (Å²) >= 11 is 0. The summed E-state index contributed by atoms with van der Waals surface area (Å²) in [6.45, 7) is 16.9. The molecule has 0 saturated heterocycles. The van der Waals surface area contributed by atoms with E-state index in [0.717, 1.165) is 10.8 Å². The Labute approximate surface area is 132 Å². The molecule has 1 rings (SSSR count). The lowest BCUT2D eigenvalue weighted by Crippen LogP contribution is -2.60. The Morgan fingerprint density at radius 1 is 0.810 bits per heavy atom. The van der Waals surface area contributed by atoms with Crippen LogP contribution in [0.2, 0.25) is 45.8 Å². The van der Waals surface area contributed by atoms with Crippen LogP contribution in [-0.4, -0.2) is 31.0 Å². The number of hydrogen-bond donors (Lipinski definition) is 0. The van der Waals surface area contributed by atoms with E-state index in [-0.39, 0.29) is 5.78 Å². The summed E-state index contributed by atoms with van der Waals surface area (Å²) in [7, 11) is -5.88. The lowest BCUT2D eigenvalue weighted by molar-refractivity contribution is 0.101. The van der Waals surface area contributed by atoms with Crippen molar-refractivity contribution in [2.45, 2.75) is 52.8 Å². The number of carbonyl (C=O) groups excluding carboxylic acids is 1. The van der Waals surface area contributed by atoms with Crippen LogP contribution in [0.1, 0.15) is 17.3 Å². The fraction of sp³-hybridized carbons (Fsp3) is 0.533. The van der Waals surface area contributed by atoms with Crippen molar-refractivity contribution in [1.29, 1.82) is 0 Å². The minimum atomic E-state index is -2.44. The standard InChI is InChI=1S/C15H28O3Si3/c1-13(16)14-9-11-15(12-10-14)21(8,17-19(2,3)4)18-20(5,6)7/h9-12H,1-8H3. The summed E-state index contributed by atoms with van der Waals surface area (Å²) in [6.07, 6.45) is 0. The molecule has 118 valence electrons. The average molecular weight is 341 g/mol. The van der Waals surface area contributed by atoms with Gasteiger partial charge in [-0.2, -0.15) is 0 Å². The first-order valence-corrected chi connectivity index (χ1v) is 16.5. The highest BCUT2D eigenvalue weighted by Crippen LogP contribution is 2.21. The summed E-state index contributed by atoms with van der Waals surface area (Å²) in [5, 5.41) is 1.11. The third kappa shape index (κ3) is 5.99. The number of carbonyl (C=O) groups is 1. The maximum atomic E-state index is 11.4. The number of hydrogen-bond acceptors (Lipinski definition) is 3. The number of benzene rings is 1. The highest BCUT2D eigenvalue weighted by Gasteiger charge is 2.42. The molecular formula is C15H28O3Si3. The predicted octanol–water partition coefficient (Wildman–Crippen LogP) is 3.87. The molecule has 0 heterocycles. The van der Waals surface area contributed by atoms with E-state index in [0.29, 0.717) is 0 Å². The van der Waals surface area contributed by atoms with E-state index in [4.69, 9.17) is 8.23 Å². The fourth-order valence-corrected chi connectivity index (χ4v) is 13.9. The van der Waals surface area contributed by atoms with Gasteiger partial charge in [0, 0.05) is 5.56 Å². The normalized spacial score (nSPS) is 13.3. The lowest BCUT2D eigenvalue weighted by Gasteiger charge is -2.38. The Morgan fingerprint density at radius 3 is 1.48 bits per heavy atom. The van der Waals surface area contributed by atoms with Gasteiger partial charge in [0.15, 0.2) is 22.4 Å². The van der Waals surface area contributed by atoms with Crippen LogP contribution in [0.4, 0.5) is 0 Å². The molecule has 0 radical (unpaired) electrons. The quantitative estimate of drug-likeness (QED) is 0.582. The van der Waals surface area contributed by atoms with Gasteiger partial charge in [-0.3, -0.25) is 4.79 Å². The number of ketones is 1. The molecule has 21 heavy (non-hydrogen) atoms. The van der Waals surface area contributed by atoms with E-state index in [1.54, 1.807) is 6.92 Å². The molecule has 0 aliphatic carbocycles. The van der Waals surface area contributed by atoms with E-state index < -0.39 is 25.2 Å². The van der Waals surface area contributed by atoms with Crippen LogP contribution < -0.4 is 5.19 Å². The minimum absolute atomic E-state index is 0.0853. The molecule has 6 heteroatoms. The van der Waals surface area contributed by atoms with E-state index in [2.05, 4.69) is 45.8 Å². The van der Waals surface area contributed by atoms with Gasteiger partial charge in [-0.1, -0.05) is 24.3 Å². The van der Waals surface area contributed by atoms with Crippen LogP contribution in [0.3, 0.4) is 0 Å². The van der Waals surface area contributed by atoms with E-state index in [9.17, 15) is 4.79 Å². The molecule has 0 aliphatic rings. The first-order valence-electron chi connectivity index (χ1n) is 7.34. The number of Topliss-reactive ketones (excluding diaryl/α,β-unsaturated/α-hetero) is 1. The molecule has 0 atom stereocenters. The van der Waals surface area contributed by atoms with Crippen LogP contribution in [0.15, 0.2) is 24.3 Å². The first kappa shape index (κ1) is 18.5. The monoisotopic (exact) mass is 340 g/mol. The zero-order chi connectivity index (χ0) is 16.5. The van der Waals surface area contributed by atoms with Gasteiger partial charge in [-0.05, 0) is 57.9 Å². The Morgan fingerprint density at radius 2 is 1.19 bits per heavy atom. The van der Waals surface area contributed by atoms with Crippen molar-refractivity contribution in [2.75, 3.05) is 0 Å². The maximum Gasteiger partial charge on any atom is 0.348 e. The third-order valence-corrected chi connectivity index (χ3v) is 12.2. The molecule has 0 spiro atoms. The molecule has 0 unspecified atom stereocenters. The molecule has 0 saturated carbocycles. The topological polar surface area (TPSA) is 35.5 Å². The Bertz CT molecular complexity index is 482. The van der Waals surface area contributed by atoms with Gasteiger partial charge in [0.2, 0.25) is 0 Å². The number of rotatable bonds is 6. The van der Waals surface area contributed by atoms with Gasteiger partial charge in [0.1, 0.15) is 0 Å². The van der Waals surface area contributed by atoms with Crippen LogP contribution in [-0.2, 0) is 8.23 Å². The zero-order valence-electron chi connectivity index (χ0n) is 14.5. The Kier molecular flexibility index (Phi) is 5.55. The summed E-state index contributed by atoms with van der Waals surface area (Å²) in [6, 6.07) is 7.76. The van der Waals surface area contributed by atoms with Crippen LogP contribution >= 0.6 is 0 Å². The van der Waals surface area contributed by atoms with Gasteiger partial charge < -0.3 is 8.23 Å². The average Bonchev–Trinajstić information content (AvgIpc) is 2.23. The van der Waals surface area contributed by atoms with E-state index >= 15 is 0 Å². The third-order valence-electron chi connectivity index (χ3n) is 2.82. The van der Waals surface area contributed by atoms with Crippen molar-refractivity contribution >= 4 is 36.2 Å². The maximum absolute atomic E-state index is 11.4. The summed E-state index contributed by atoms with van der Waals surface area (Å²) < 4.78 is 13.0. The van der Waals surface area contributed by atoms with E-state index in [1.807, 2.05) is 24.3 Å². The smallest absolute Gasteiger partial charge is 0.348 e. The molecule has 0 bridgehead atoms. The summed E-state index contributed by atoms with van der Waals surface area (Å²) in [5.74, 6) is 0.0853. The predicted molar refractivity (Wildman–Crippen MR) is 96.6 cm³/mol. The van der Waals surface area contributed by atoms with Crippen molar-refractivity contribution in [1.82, 2.24) is 0 Å². The SMILES string of the molecule is CC(=O)c1ccc([Si](C)(O[Si](C)(C)C)O[Si](C)(C)C)cc1. The zero-order valence-corrected chi connectivity index (χ0v) is 17.5. The fourth-order valence-electron chi connectivity index (χ4n) is 2.31. The summed E-state index contributed by atoms with van der Waals surface area (Å²) in [5.41, 5.74) is 0.733. The molecule has 3 nitrogen and oxygen atoms in total. The Hall–Kier alpha value is -0.539. The molecule has 0 aromatic heterocycles. The second-order valence-corrected chi connectivity index (χ2v) is 20.1. The van der Waals surface area contributed by atoms with Gasteiger partial charge in [-0.15, -0.1) is 0 Å². The highest BCUT2D eigenvalue weighted by atomic mass is 28.5. The van der Waals surface area contributed by atoms with Crippen molar-refractivity contribution in [3.63, 3.8) is 0 Å². The largest absolute Gasteiger partial charge is 0.433 e.